The van der Waals surface area contributed by atoms with E-state index in [1.807, 2.05) is 0 Å². The van der Waals surface area contributed by atoms with Crippen LogP contribution < -0.4 is 11.1 Å². The number of rotatable bonds is 4. The SMILES string of the molecule is CCC1CCC(CNC(=O)[C@H](C)N)CC1.Cl. The van der Waals surface area contributed by atoms with Gasteiger partial charge in [0.1, 0.15) is 0 Å². The minimum Gasteiger partial charge on any atom is -0.354 e. The van der Waals surface area contributed by atoms with E-state index in [-0.39, 0.29) is 24.4 Å². The Bertz CT molecular complexity index is 201. The lowest BCUT2D eigenvalue weighted by Crippen LogP contribution is -2.41. The second-order valence-corrected chi connectivity index (χ2v) is 4.83. The molecule has 4 heteroatoms. The second kappa shape index (κ2) is 7.91. The second-order valence-electron chi connectivity index (χ2n) is 4.83. The summed E-state index contributed by atoms with van der Waals surface area (Å²) in [6.07, 6.45) is 6.48. The lowest BCUT2D eigenvalue weighted by atomic mass is 9.81. The fourth-order valence-electron chi connectivity index (χ4n) is 2.25. The normalized spacial score (nSPS) is 26.7. The van der Waals surface area contributed by atoms with Gasteiger partial charge in [0.2, 0.25) is 5.91 Å². The van der Waals surface area contributed by atoms with Crippen LogP contribution in [0.25, 0.3) is 0 Å². The minimum atomic E-state index is -0.378. The molecule has 3 N–H and O–H groups in total. The summed E-state index contributed by atoms with van der Waals surface area (Å²) in [6, 6.07) is -0.378. The Labute approximate surface area is 105 Å². The van der Waals surface area contributed by atoms with Gasteiger partial charge in [-0.3, -0.25) is 4.79 Å². The van der Waals surface area contributed by atoms with Gasteiger partial charge in [0.15, 0.2) is 0 Å². The summed E-state index contributed by atoms with van der Waals surface area (Å²) in [7, 11) is 0. The zero-order valence-electron chi connectivity index (χ0n) is 10.4. The van der Waals surface area contributed by atoms with Crippen molar-refractivity contribution in [2.45, 2.75) is 52.0 Å². The topological polar surface area (TPSA) is 55.1 Å². The fourth-order valence-corrected chi connectivity index (χ4v) is 2.25. The highest BCUT2D eigenvalue weighted by Gasteiger charge is 2.20. The maximum absolute atomic E-state index is 11.3. The molecule has 0 heterocycles. The van der Waals surface area contributed by atoms with Gasteiger partial charge in [-0.2, -0.15) is 0 Å². The molecule has 0 spiro atoms. The Balaban J connectivity index is 0.00000225. The number of nitrogens with one attached hydrogen (secondary N) is 1. The number of amides is 1. The average molecular weight is 249 g/mol. The molecule has 0 bridgehead atoms. The molecule has 1 fully saturated rings. The van der Waals surface area contributed by atoms with Crippen molar-refractivity contribution in [2.24, 2.45) is 17.6 Å². The first-order valence-corrected chi connectivity index (χ1v) is 6.16. The quantitative estimate of drug-likeness (QED) is 0.801. The van der Waals surface area contributed by atoms with E-state index in [4.69, 9.17) is 5.73 Å². The summed E-state index contributed by atoms with van der Waals surface area (Å²) in [5, 5.41) is 2.92. The molecular weight excluding hydrogens is 224 g/mol. The largest absolute Gasteiger partial charge is 0.354 e. The summed E-state index contributed by atoms with van der Waals surface area (Å²) >= 11 is 0. The van der Waals surface area contributed by atoms with Crippen LogP contribution in [-0.4, -0.2) is 18.5 Å². The monoisotopic (exact) mass is 248 g/mol. The molecule has 0 aromatic rings. The van der Waals surface area contributed by atoms with Crippen LogP contribution in [-0.2, 0) is 4.79 Å². The Morgan fingerprint density at radius 3 is 2.25 bits per heavy atom. The number of hydrogen-bond donors (Lipinski definition) is 2. The summed E-state index contributed by atoms with van der Waals surface area (Å²) in [4.78, 5) is 11.3. The van der Waals surface area contributed by atoms with E-state index >= 15 is 0 Å². The molecule has 1 atom stereocenters. The van der Waals surface area contributed by atoms with Crippen molar-refractivity contribution in [1.82, 2.24) is 5.32 Å². The fraction of sp³-hybridized carbons (Fsp3) is 0.917. The van der Waals surface area contributed by atoms with E-state index in [9.17, 15) is 4.79 Å². The van der Waals surface area contributed by atoms with Gasteiger partial charge in [0.05, 0.1) is 6.04 Å². The molecule has 1 amide bonds. The summed E-state index contributed by atoms with van der Waals surface area (Å²) in [5.41, 5.74) is 5.48. The maximum atomic E-state index is 11.3. The molecule has 0 aliphatic heterocycles. The van der Waals surface area contributed by atoms with Crippen LogP contribution in [0.4, 0.5) is 0 Å². The predicted octanol–water partition coefficient (Wildman–Crippen LogP) is 2.09. The van der Waals surface area contributed by atoms with E-state index in [1.165, 1.54) is 32.1 Å². The third kappa shape index (κ3) is 5.17. The third-order valence-corrected chi connectivity index (χ3v) is 3.52. The number of carbonyl (C=O) groups is 1. The van der Waals surface area contributed by atoms with Crippen LogP contribution in [0.1, 0.15) is 46.0 Å². The van der Waals surface area contributed by atoms with E-state index in [2.05, 4.69) is 12.2 Å². The van der Waals surface area contributed by atoms with E-state index in [0.29, 0.717) is 5.92 Å². The van der Waals surface area contributed by atoms with Gasteiger partial charge in [-0.25, -0.2) is 0 Å². The third-order valence-electron chi connectivity index (χ3n) is 3.52. The van der Waals surface area contributed by atoms with Gasteiger partial charge in [0.25, 0.3) is 0 Å². The molecule has 1 aliphatic carbocycles. The van der Waals surface area contributed by atoms with Crippen molar-refractivity contribution >= 4 is 18.3 Å². The van der Waals surface area contributed by atoms with Gasteiger partial charge < -0.3 is 11.1 Å². The smallest absolute Gasteiger partial charge is 0.236 e. The van der Waals surface area contributed by atoms with Crippen LogP contribution >= 0.6 is 12.4 Å². The van der Waals surface area contributed by atoms with Gasteiger partial charge in [-0.1, -0.05) is 26.2 Å². The van der Waals surface area contributed by atoms with Crippen molar-refractivity contribution < 1.29 is 4.79 Å². The highest BCUT2D eigenvalue weighted by molar-refractivity contribution is 5.85. The van der Waals surface area contributed by atoms with Crippen LogP contribution in [0.15, 0.2) is 0 Å². The standard InChI is InChI=1S/C12H24N2O.ClH/c1-3-10-4-6-11(7-5-10)8-14-12(15)9(2)13;/h9-11H,3-8,13H2,1-2H3,(H,14,15);1H/t9-,10?,11?;/m0./s1. The van der Waals surface area contributed by atoms with Gasteiger partial charge >= 0.3 is 0 Å². The van der Waals surface area contributed by atoms with E-state index in [1.54, 1.807) is 6.92 Å². The Morgan fingerprint density at radius 1 is 1.31 bits per heavy atom. The Kier molecular flexibility index (Phi) is 7.77. The predicted molar refractivity (Wildman–Crippen MR) is 69.6 cm³/mol. The van der Waals surface area contributed by atoms with Gasteiger partial charge in [-0.15, -0.1) is 12.4 Å². The van der Waals surface area contributed by atoms with E-state index in [0.717, 1.165) is 12.5 Å². The average Bonchev–Trinajstić information content (AvgIpc) is 2.26. The summed E-state index contributed by atoms with van der Waals surface area (Å²) < 4.78 is 0. The lowest BCUT2D eigenvalue weighted by Gasteiger charge is -2.28. The van der Waals surface area contributed by atoms with Crippen LogP contribution in [0, 0.1) is 11.8 Å². The highest BCUT2D eigenvalue weighted by Crippen LogP contribution is 2.29. The van der Waals surface area contributed by atoms with Crippen molar-refractivity contribution in [1.29, 1.82) is 0 Å². The molecule has 0 unspecified atom stereocenters. The van der Waals surface area contributed by atoms with E-state index < -0.39 is 0 Å². The van der Waals surface area contributed by atoms with Crippen LogP contribution in [0.2, 0.25) is 0 Å². The molecule has 0 aromatic heterocycles. The Hall–Kier alpha value is -0.280. The first kappa shape index (κ1) is 15.7. The molecule has 0 radical (unpaired) electrons. The molecule has 3 nitrogen and oxygen atoms in total. The zero-order valence-corrected chi connectivity index (χ0v) is 11.2. The number of nitrogens with two attached hydrogens (primary N) is 1. The molecular formula is C12H25ClN2O. The van der Waals surface area contributed by atoms with Crippen molar-refractivity contribution in [3.63, 3.8) is 0 Å². The number of hydrogen-bond acceptors (Lipinski definition) is 2. The molecule has 1 rings (SSSR count). The molecule has 96 valence electrons. The lowest BCUT2D eigenvalue weighted by molar-refractivity contribution is -0.122. The zero-order chi connectivity index (χ0) is 11.3. The van der Waals surface area contributed by atoms with Crippen LogP contribution in [0.5, 0.6) is 0 Å². The molecule has 0 saturated heterocycles. The van der Waals surface area contributed by atoms with Crippen molar-refractivity contribution in [2.75, 3.05) is 6.54 Å². The molecule has 1 saturated carbocycles. The summed E-state index contributed by atoms with van der Waals surface area (Å²) in [5.74, 6) is 1.58. The molecule has 16 heavy (non-hydrogen) atoms. The van der Waals surface area contributed by atoms with Crippen LogP contribution in [0.3, 0.4) is 0 Å². The number of carbonyl (C=O) groups excluding carboxylic acids is 1. The first-order chi connectivity index (χ1) is 7.13. The minimum absolute atomic E-state index is 0. The first-order valence-electron chi connectivity index (χ1n) is 6.16. The number of halogens is 1. The highest BCUT2D eigenvalue weighted by atomic mass is 35.5. The maximum Gasteiger partial charge on any atom is 0.236 e. The van der Waals surface area contributed by atoms with Gasteiger partial charge in [-0.05, 0) is 31.6 Å². The molecule has 1 aliphatic rings. The van der Waals surface area contributed by atoms with Gasteiger partial charge in [0, 0.05) is 6.54 Å². The summed E-state index contributed by atoms with van der Waals surface area (Å²) in [6.45, 7) is 4.81. The van der Waals surface area contributed by atoms with Crippen molar-refractivity contribution in [3.8, 4) is 0 Å². The van der Waals surface area contributed by atoms with Crippen molar-refractivity contribution in [3.05, 3.63) is 0 Å². The molecule has 0 aromatic carbocycles. The Morgan fingerprint density at radius 2 is 1.81 bits per heavy atom.